The fraction of sp³-hybridized carbons (Fsp3) is 0.0800. The molecule has 0 aliphatic carbocycles. The lowest BCUT2D eigenvalue weighted by Gasteiger charge is -2.13. The number of para-hydroxylation sites is 2. The third-order valence-electron chi connectivity index (χ3n) is 4.83. The summed E-state index contributed by atoms with van der Waals surface area (Å²) in [7, 11) is 0. The molecule has 3 nitrogen and oxygen atoms in total. The Morgan fingerprint density at radius 1 is 0.643 bits per heavy atom. The molecule has 0 aliphatic heterocycles. The van der Waals surface area contributed by atoms with Crippen LogP contribution in [0, 0.1) is 0 Å². The Morgan fingerprint density at radius 3 is 2.18 bits per heavy atom. The van der Waals surface area contributed by atoms with Crippen LogP contribution in [0.2, 0.25) is 0 Å². The van der Waals surface area contributed by atoms with E-state index >= 15 is 0 Å². The lowest BCUT2D eigenvalue weighted by atomic mass is 9.92. The second kappa shape index (κ2) is 8.40. The van der Waals surface area contributed by atoms with E-state index in [1.807, 2.05) is 55.0 Å². The van der Waals surface area contributed by atoms with Gasteiger partial charge in [0.1, 0.15) is 0 Å². The van der Waals surface area contributed by atoms with Crippen LogP contribution in [0.25, 0.3) is 21.8 Å². The number of benzene rings is 2. The lowest BCUT2D eigenvalue weighted by molar-refractivity contribution is 0.917. The summed E-state index contributed by atoms with van der Waals surface area (Å²) < 4.78 is 0. The second-order valence-corrected chi connectivity index (χ2v) is 6.63. The van der Waals surface area contributed by atoms with Crippen molar-refractivity contribution in [3.63, 3.8) is 0 Å². The monoisotopic (exact) mass is 363 g/mol. The third-order valence-corrected chi connectivity index (χ3v) is 4.83. The Morgan fingerprint density at radius 2 is 1.36 bits per heavy atom. The summed E-state index contributed by atoms with van der Waals surface area (Å²) in [5, 5.41) is 2.38. The van der Waals surface area contributed by atoms with Gasteiger partial charge in [-0.1, -0.05) is 61.5 Å². The van der Waals surface area contributed by atoms with Crippen LogP contribution in [-0.2, 0) is 0 Å². The van der Waals surface area contributed by atoms with Gasteiger partial charge >= 0.3 is 0 Å². The van der Waals surface area contributed by atoms with Gasteiger partial charge in [-0.3, -0.25) is 15.0 Å². The predicted molar refractivity (Wildman–Crippen MR) is 115 cm³/mol. The van der Waals surface area contributed by atoms with E-state index in [2.05, 4.69) is 64.3 Å². The molecule has 5 rings (SSSR count). The van der Waals surface area contributed by atoms with Gasteiger partial charge in [-0.25, -0.2) is 0 Å². The Bertz CT molecular complexity index is 1120. The fourth-order valence-corrected chi connectivity index (χ4v) is 3.30. The largest absolute Gasteiger partial charge is 0.264 e. The van der Waals surface area contributed by atoms with Crippen molar-refractivity contribution in [2.45, 2.75) is 12.8 Å². The van der Waals surface area contributed by atoms with Crippen molar-refractivity contribution in [2.24, 2.45) is 0 Å². The van der Waals surface area contributed by atoms with E-state index in [1.165, 1.54) is 21.9 Å². The first-order valence-corrected chi connectivity index (χ1v) is 9.36. The van der Waals surface area contributed by atoms with E-state index in [4.69, 9.17) is 0 Å². The average molecular weight is 363 g/mol. The smallest absolute Gasteiger partial charge is 0.0740 e. The van der Waals surface area contributed by atoms with Crippen molar-refractivity contribution in [1.82, 2.24) is 15.0 Å². The molecule has 0 aliphatic rings. The summed E-state index contributed by atoms with van der Waals surface area (Å²) in [6.07, 6.45) is 7.38. The van der Waals surface area contributed by atoms with Crippen molar-refractivity contribution < 1.29 is 0 Å². The molecule has 0 saturated heterocycles. The summed E-state index contributed by atoms with van der Waals surface area (Å²) in [5.74, 6) is 0.303. The average Bonchev–Trinajstić information content (AvgIpc) is 2.79. The zero-order valence-corrected chi connectivity index (χ0v) is 15.7. The molecular weight excluding hydrogens is 342 g/mol. The minimum Gasteiger partial charge on any atom is -0.264 e. The first kappa shape index (κ1) is 17.8. The molecule has 3 heterocycles. The molecule has 0 spiro atoms. The van der Waals surface area contributed by atoms with Gasteiger partial charge in [0.05, 0.1) is 11.0 Å². The molecule has 3 aromatic heterocycles. The van der Waals surface area contributed by atoms with Crippen molar-refractivity contribution >= 4 is 21.8 Å². The van der Waals surface area contributed by atoms with Crippen LogP contribution < -0.4 is 0 Å². The SMILES string of the molecule is CC(c1cccnc1)c1cccc2cccnc12.c1ccc2ncccc2c1. The van der Waals surface area contributed by atoms with Gasteiger partial charge in [0.2, 0.25) is 0 Å². The van der Waals surface area contributed by atoms with Crippen LogP contribution >= 0.6 is 0 Å². The third kappa shape index (κ3) is 3.89. The van der Waals surface area contributed by atoms with Crippen LogP contribution in [0.1, 0.15) is 24.0 Å². The van der Waals surface area contributed by atoms with E-state index in [9.17, 15) is 0 Å². The highest BCUT2D eigenvalue weighted by molar-refractivity contribution is 5.82. The molecule has 0 fully saturated rings. The minimum atomic E-state index is 0.303. The number of fused-ring (bicyclic) bond motifs is 2. The number of hydrogen-bond donors (Lipinski definition) is 0. The van der Waals surface area contributed by atoms with Crippen LogP contribution in [0.3, 0.4) is 0 Å². The molecule has 28 heavy (non-hydrogen) atoms. The fourth-order valence-electron chi connectivity index (χ4n) is 3.30. The Labute approximate surface area is 164 Å². The lowest BCUT2D eigenvalue weighted by Crippen LogP contribution is -1.98. The zero-order valence-electron chi connectivity index (χ0n) is 15.7. The molecule has 0 saturated carbocycles. The number of rotatable bonds is 2. The predicted octanol–water partition coefficient (Wildman–Crippen LogP) is 6.02. The van der Waals surface area contributed by atoms with Crippen LogP contribution in [-0.4, -0.2) is 15.0 Å². The van der Waals surface area contributed by atoms with E-state index in [1.54, 1.807) is 6.20 Å². The molecule has 2 aromatic carbocycles. The summed E-state index contributed by atoms with van der Waals surface area (Å²) in [6, 6.07) is 26.6. The van der Waals surface area contributed by atoms with Crippen molar-refractivity contribution in [3.8, 4) is 0 Å². The number of aromatic nitrogens is 3. The van der Waals surface area contributed by atoms with Crippen LogP contribution in [0.15, 0.2) is 104 Å². The second-order valence-electron chi connectivity index (χ2n) is 6.63. The van der Waals surface area contributed by atoms with E-state index in [0.717, 1.165) is 11.0 Å². The quantitative estimate of drug-likeness (QED) is 0.385. The Kier molecular flexibility index (Phi) is 5.34. The van der Waals surface area contributed by atoms with E-state index in [-0.39, 0.29) is 0 Å². The number of hydrogen-bond acceptors (Lipinski definition) is 3. The highest BCUT2D eigenvalue weighted by atomic mass is 14.7. The van der Waals surface area contributed by atoms with Gasteiger partial charge in [-0.15, -0.1) is 0 Å². The zero-order chi connectivity index (χ0) is 19.2. The maximum Gasteiger partial charge on any atom is 0.0740 e. The van der Waals surface area contributed by atoms with Gasteiger partial charge in [0.25, 0.3) is 0 Å². The Balaban J connectivity index is 0.000000162. The standard InChI is InChI=1S/C16H14N2.C9H7N/c1-12(14-7-3-9-17-11-14)15-8-2-5-13-6-4-10-18-16(13)15;1-2-6-9-8(4-1)5-3-7-10-9/h2-12H,1H3;1-7H. The molecule has 0 bridgehead atoms. The van der Waals surface area contributed by atoms with Gasteiger partial charge in [-0.05, 0) is 35.4 Å². The summed E-state index contributed by atoms with van der Waals surface area (Å²) >= 11 is 0. The van der Waals surface area contributed by atoms with Gasteiger partial charge in [-0.2, -0.15) is 0 Å². The molecule has 1 unspecified atom stereocenters. The maximum atomic E-state index is 4.51. The van der Waals surface area contributed by atoms with Crippen molar-refractivity contribution in [3.05, 3.63) is 115 Å². The molecule has 0 N–H and O–H groups in total. The van der Waals surface area contributed by atoms with E-state index < -0.39 is 0 Å². The molecule has 136 valence electrons. The van der Waals surface area contributed by atoms with Crippen LogP contribution in [0.4, 0.5) is 0 Å². The molecule has 3 heteroatoms. The van der Waals surface area contributed by atoms with Crippen molar-refractivity contribution in [2.75, 3.05) is 0 Å². The topological polar surface area (TPSA) is 38.7 Å². The molecule has 1 atom stereocenters. The first-order valence-electron chi connectivity index (χ1n) is 9.36. The summed E-state index contributed by atoms with van der Waals surface area (Å²) in [6.45, 7) is 2.19. The summed E-state index contributed by atoms with van der Waals surface area (Å²) in [5.41, 5.74) is 4.61. The highest BCUT2D eigenvalue weighted by Gasteiger charge is 2.12. The normalized spacial score (nSPS) is 11.6. The minimum absolute atomic E-state index is 0.303. The molecule has 5 aromatic rings. The summed E-state index contributed by atoms with van der Waals surface area (Å²) in [4.78, 5) is 12.9. The van der Waals surface area contributed by atoms with Gasteiger partial charge in [0, 0.05) is 41.5 Å². The van der Waals surface area contributed by atoms with Crippen LogP contribution in [0.5, 0.6) is 0 Å². The molecular formula is C25H21N3. The number of nitrogens with zero attached hydrogens (tertiary/aromatic N) is 3. The van der Waals surface area contributed by atoms with Gasteiger partial charge in [0.15, 0.2) is 0 Å². The van der Waals surface area contributed by atoms with E-state index in [0.29, 0.717) is 5.92 Å². The Hall–Kier alpha value is -3.59. The number of pyridine rings is 3. The highest BCUT2D eigenvalue weighted by Crippen LogP contribution is 2.28. The molecule has 0 radical (unpaired) electrons. The van der Waals surface area contributed by atoms with Crippen molar-refractivity contribution in [1.29, 1.82) is 0 Å². The molecule has 0 amide bonds. The maximum absolute atomic E-state index is 4.51. The van der Waals surface area contributed by atoms with Gasteiger partial charge < -0.3 is 0 Å². The first-order chi connectivity index (χ1) is 13.8.